The maximum atomic E-state index is 12.7. The smallest absolute Gasteiger partial charge is 0.267 e. The maximum Gasteiger partial charge on any atom is 0.267 e. The van der Waals surface area contributed by atoms with Crippen LogP contribution in [0.25, 0.3) is 0 Å². The first-order chi connectivity index (χ1) is 12.1. The fourth-order valence-electron chi connectivity index (χ4n) is 3.52. The monoisotopic (exact) mass is 339 g/mol. The van der Waals surface area contributed by atoms with Gasteiger partial charge in [-0.05, 0) is 49.7 Å². The van der Waals surface area contributed by atoms with Crippen LogP contribution in [-0.2, 0) is 17.6 Å². The van der Waals surface area contributed by atoms with Gasteiger partial charge in [-0.2, -0.15) is 5.26 Å². The molecule has 1 N–H and O–H groups in total. The molecule has 1 aromatic carbocycles. The van der Waals surface area contributed by atoms with Crippen LogP contribution in [0.2, 0.25) is 0 Å². The highest BCUT2D eigenvalue weighted by Crippen LogP contribution is 2.24. The summed E-state index contributed by atoms with van der Waals surface area (Å²) in [5.74, 6) is -0.307. The van der Waals surface area contributed by atoms with Gasteiger partial charge in [0.1, 0.15) is 11.6 Å². The van der Waals surface area contributed by atoms with E-state index in [1.54, 1.807) is 6.20 Å². The molecule has 4 nitrogen and oxygen atoms in total. The van der Waals surface area contributed by atoms with Gasteiger partial charge in [-0.15, -0.1) is 0 Å². The van der Waals surface area contributed by atoms with Crippen molar-refractivity contribution in [2.75, 3.05) is 11.9 Å². The molecule has 1 amide bonds. The van der Waals surface area contributed by atoms with Crippen LogP contribution in [0.3, 0.4) is 0 Å². The highest BCUT2D eigenvalue weighted by Gasteiger charge is 2.21. The van der Waals surface area contributed by atoms with Crippen LogP contribution in [0, 0.1) is 11.3 Å². The molecule has 1 aliphatic rings. The van der Waals surface area contributed by atoms with Crippen molar-refractivity contribution in [3.05, 3.63) is 41.1 Å². The molecule has 0 aromatic heterocycles. The quantitative estimate of drug-likeness (QED) is 0.616. The number of likely N-dealkylation sites (tertiary alicyclic amines) is 1. The van der Waals surface area contributed by atoms with Gasteiger partial charge in [0, 0.05) is 24.5 Å². The lowest BCUT2D eigenvalue weighted by molar-refractivity contribution is -0.112. The first-order valence-corrected chi connectivity index (χ1v) is 9.44. The lowest BCUT2D eigenvalue weighted by Gasteiger charge is -2.34. The van der Waals surface area contributed by atoms with Gasteiger partial charge in [0.2, 0.25) is 0 Å². The number of nitrogens with one attached hydrogen (secondary N) is 1. The molecular weight excluding hydrogens is 310 g/mol. The van der Waals surface area contributed by atoms with E-state index in [-0.39, 0.29) is 11.5 Å². The Morgan fingerprint density at radius 1 is 1.28 bits per heavy atom. The minimum Gasteiger partial charge on any atom is -0.373 e. The third kappa shape index (κ3) is 4.63. The van der Waals surface area contributed by atoms with Gasteiger partial charge in [0.05, 0.1) is 0 Å². The molecule has 0 spiro atoms. The van der Waals surface area contributed by atoms with Crippen molar-refractivity contribution in [1.82, 2.24) is 4.90 Å². The highest BCUT2D eigenvalue weighted by molar-refractivity contribution is 6.07. The summed E-state index contributed by atoms with van der Waals surface area (Å²) in [5, 5.41) is 12.5. The number of piperidine rings is 1. The standard InChI is InChI=1S/C21H29N3O/c1-4-16-10-9-11-17(5-2)20(16)23-21(25)18(14-22)15-24-13-8-7-12-19(24)6-3/h9-11,15,19H,4-8,12-13H2,1-3H3,(H,23,25)/b18-15-. The molecule has 25 heavy (non-hydrogen) atoms. The Morgan fingerprint density at radius 3 is 2.52 bits per heavy atom. The van der Waals surface area contributed by atoms with Crippen LogP contribution in [0.15, 0.2) is 30.0 Å². The molecule has 2 rings (SSSR count). The lowest BCUT2D eigenvalue weighted by Crippen LogP contribution is -2.35. The topological polar surface area (TPSA) is 56.1 Å². The Bertz CT molecular complexity index is 650. The van der Waals surface area contributed by atoms with Crippen molar-refractivity contribution in [3.8, 4) is 6.07 Å². The molecule has 0 saturated carbocycles. The summed E-state index contributed by atoms with van der Waals surface area (Å²) in [6.45, 7) is 7.23. The van der Waals surface area contributed by atoms with Crippen molar-refractivity contribution in [2.45, 2.75) is 65.3 Å². The summed E-state index contributed by atoms with van der Waals surface area (Å²) in [6, 6.07) is 8.61. The van der Waals surface area contributed by atoms with E-state index in [9.17, 15) is 10.1 Å². The van der Waals surface area contributed by atoms with Gasteiger partial charge in [0.15, 0.2) is 0 Å². The first kappa shape index (κ1) is 19.1. The third-order valence-electron chi connectivity index (χ3n) is 5.04. The van der Waals surface area contributed by atoms with E-state index < -0.39 is 0 Å². The largest absolute Gasteiger partial charge is 0.373 e. The van der Waals surface area contributed by atoms with Gasteiger partial charge in [-0.3, -0.25) is 4.79 Å². The third-order valence-corrected chi connectivity index (χ3v) is 5.04. The summed E-state index contributed by atoms with van der Waals surface area (Å²) >= 11 is 0. The number of nitrogens with zero attached hydrogens (tertiary/aromatic N) is 2. The molecule has 1 saturated heterocycles. The predicted molar refractivity (Wildman–Crippen MR) is 102 cm³/mol. The van der Waals surface area contributed by atoms with Crippen LogP contribution in [0.4, 0.5) is 5.69 Å². The van der Waals surface area contributed by atoms with Gasteiger partial charge in [0.25, 0.3) is 5.91 Å². The number of hydrogen-bond acceptors (Lipinski definition) is 3. The van der Waals surface area contributed by atoms with Gasteiger partial charge in [-0.25, -0.2) is 0 Å². The second kappa shape index (κ2) is 9.27. The molecule has 1 aromatic rings. The molecule has 1 aliphatic heterocycles. The molecule has 1 fully saturated rings. The molecule has 4 heteroatoms. The molecule has 0 radical (unpaired) electrons. The summed E-state index contributed by atoms with van der Waals surface area (Å²) in [5.41, 5.74) is 3.27. The average molecular weight is 339 g/mol. The second-order valence-corrected chi connectivity index (χ2v) is 6.56. The van der Waals surface area contributed by atoms with Gasteiger partial charge < -0.3 is 10.2 Å². The van der Waals surface area contributed by atoms with Crippen LogP contribution in [0.1, 0.15) is 57.6 Å². The highest BCUT2D eigenvalue weighted by atomic mass is 16.1. The molecule has 1 atom stereocenters. The number of nitriles is 1. The number of amides is 1. The Hall–Kier alpha value is -2.28. The normalized spacial score (nSPS) is 17.9. The van der Waals surface area contributed by atoms with Crippen molar-refractivity contribution in [2.24, 2.45) is 0 Å². The Morgan fingerprint density at radius 2 is 1.96 bits per heavy atom. The zero-order valence-corrected chi connectivity index (χ0v) is 15.6. The van der Waals surface area contributed by atoms with E-state index >= 15 is 0 Å². The summed E-state index contributed by atoms with van der Waals surface area (Å²) in [4.78, 5) is 14.9. The fraction of sp³-hybridized carbons (Fsp3) is 0.524. The maximum absolute atomic E-state index is 12.7. The van der Waals surface area contributed by atoms with Gasteiger partial charge >= 0.3 is 0 Å². The number of carbonyl (C=O) groups excluding carboxylic acids is 1. The fourth-order valence-corrected chi connectivity index (χ4v) is 3.52. The Labute approximate surface area is 151 Å². The first-order valence-electron chi connectivity index (χ1n) is 9.44. The zero-order valence-electron chi connectivity index (χ0n) is 15.6. The number of para-hydroxylation sites is 1. The van der Waals surface area contributed by atoms with Crippen LogP contribution < -0.4 is 5.32 Å². The number of anilines is 1. The van der Waals surface area contributed by atoms with Crippen molar-refractivity contribution in [1.29, 1.82) is 5.26 Å². The summed E-state index contributed by atoms with van der Waals surface area (Å²) in [7, 11) is 0. The minimum atomic E-state index is -0.307. The number of hydrogen-bond donors (Lipinski definition) is 1. The minimum absolute atomic E-state index is 0.188. The molecule has 1 unspecified atom stereocenters. The molecule has 134 valence electrons. The van der Waals surface area contributed by atoms with E-state index in [1.165, 1.54) is 6.42 Å². The van der Waals surface area contributed by atoms with E-state index in [4.69, 9.17) is 0 Å². The number of benzene rings is 1. The SMILES string of the molecule is CCc1cccc(CC)c1NC(=O)/C(C#N)=C\N1CCCCC1CC. The average Bonchev–Trinajstić information content (AvgIpc) is 2.66. The van der Waals surface area contributed by atoms with Crippen LogP contribution in [-0.4, -0.2) is 23.4 Å². The second-order valence-electron chi connectivity index (χ2n) is 6.56. The van der Waals surface area contributed by atoms with Crippen LogP contribution in [0.5, 0.6) is 0 Å². The number of carbonyl (C=O) groups is 1. The van der Waals surface area contributed by atoms with Crippen molar-refractivity contribution >= 4 is 11.6 Å². The molecular formula is C21H29N3O. The van der Waals surface area contributed by atoms with Crippen LogP contribution >= 0.6 is 0 Å². The summed E-state index contributed by atoms with van der Waals surface area (Å²) in [6.07, 6.45) is 7.97. The molecule has 1 heterocycles. The Kier molecular flexibility index (Phi) is 7.06. The number of rotatable bonds is 6. The van der Waals surface area contributed by atoms with E-state index in [0.717, 1.165) is 55.5 Å². The van der Waals surface area contributed by atoms with Gasteiger partial charge in [-0.1, -0.05) is 39.0 Å². The molecule has 0 aliphatic carbocycles. The number of aryl methyl sites for hydroxylation is 2. The summed E-state index contributed by atoms with van der Waals surface area (Å²) < 4.78 is 0. The zero-order chi connectivity index (χ0) is 18.2. The van der Waals surface area contributed by atoms with E-state index in [2.05, 4.69) is 37.1 Å². The van der Waals surface area contributed by atoms with E-state index in [1.807, 2.05) is 18.2 Å². The predicted octanol–water partition coefficient (Wildman–Crippen LogP) is 4.42. The Balaban J connectivity index is 2.24. The lowest BCUT2D eigenvalue weighted by atomic mass is 10.00. The van der Waals surface area contributed by atoms with Crippen molar-refractivity contribution < 1.29 is 4.79 Å². The molecule has 0 bridgehead atoms. The van der Waals surface area contributed by atoms with Crippen molar-refractivity contribution in [3.63, 3.8) is 0 Å². The van der Waals surface area contributed by atoms with E-state index in [0.29, 0.717) is 6.04 Å².